The van der Waals surface area contributed by atoms with Gasteiger partial charge in [0.25, 0.3) is 11.8 Å². The van der Waals surface area contributed by atoms with Crippen LogP contribution in [0.25, 0.3) is 11.5 Å². The van der Waals surface area contributed by atoms with Crippen LogP contribution in [0.2, 0.25) is 0 Å². The van der Waals surface area contributed by atoms with Gasteiger partial charge in [-0.2, -0.15) is 16.3 Å². The van der Waals surface area contributed by atoms with E-state index in [0.717, 1.165) is 5.56 Å². The molecule has 0 saturated heterocycles. The van der Waals surface area contributed by atoms with Crippen molar-refractivity contribution < 1.29 is 9.32 Å². The number of rotatable bonds is 6. The van der Waals surface area contributed by atoms with Gasteiger partial charge in [0.1, 0.15) is 0 Å². The number of nitrogens with one attached hydrogen (secondary N) is 1. The molecule has 0 aliphatic heterocycles. The summed E-state index contributed by atoms with van der Waals surface area (Å²) < 4.78 is 5.13. The second-order valence-electron chi connectivity index (χ2n) is 5.97. The number of likely N-dealkylation sites (N-methyl/N-ethyl adjacent to an activating group) is 1. The number of amides is 1. The molecule has 3 rings (SSSR count). The summed E-state index contributed by atoms with van der Waals surface area (Å²) >= 11 is 1.66. The minimum atomic E-state index is -0.102. The number of carbonyl (C=O) groups excluding carboxylic acids is 1. The zero-order valence-corrected chi connectivity index (χ0v) is 15.2. The van der Waals surface area contributed by atoms with Crippen LogP contribution in [0.15, 0.2) is 45.6 Å². The van der Waals surface area contributed by atoms with Crippen LogP contribution >= 0.6 is 11.3 Å². The van der Waals surface area contributed by atoms with E-state index in [1.807, 2.05) is 31.6 Å². The molecule has 6 nitrogen and oxygen atoms in total. The Kier molecular flexibility index (Phi) is 5.25. The van der Waals surface area contributed by atoms with Crippen molar-refractivity contribution in [1.82, 2.24) is 20.4 Å². The molecule has 25 heavy (non-hydrogen) atoms. The molecular formula is C18H20N4O2S. The lowest BCUT2D eigenvalue weighted by Gasteiger charge is -2.24. The van der Waals surface area contributed by atoms with Crippen molar-refractivity contribution in [3.63, 3.8) is 0 Å². The van der Waals surface area contributed by atoms with Gasteiger partial charge in [-0.05, 0) is 67.7 Å². The molecule has 7 heteroatoms. The van der Waals surface area contributed by atoms with Crippen LogP contribution in [-0.2, 0) is 0 Å². The van der Waals surface area contributed by atoms with E-state index < -0.39 is 0 Å². The van der Waals surface area contributed by atoms with Crippen LogP contribution in [0.1, 0.15) is 27.8 Å². The standard InChI is InChI=1S/C18H20N4O2S/c1-12-20-18(24-21-12)14-6-4-13(5-7-14)17(23)19-10-16(22(2)3)15-8-9-25-11-15/h4-9,11,16H,10H2,1-3H3,(H,19,23)/t16-/m0/s1. The first-order chi connectivity index (χ1) is 12.0. The molecule has 1 aromatic carbocycles. The summed E-state index contributed by atoms with van der Waals surface area (Å²) in [4.78, 5) is 18.7. The molecule has 0 unspecified atom stereocenters. The summed E-state index contributed by atoms with van der Waals surface area (Å²) in [5.41, 5.74) is 2.60. The molecule has 1 N–H and O–H groups in total. The molecule has 130 valence electrons. The Labute approximate surface area is 150 Å². The smallest absolute Gasteiger partial charge is 0.257 e. The Bertz CT molecular complexity index is 825. The predicted octanol–water partition coefficient (Wildman–Crippen LogP) is 3.14. The summed E-state index contributed by atoms with van der Waals surface area (Å²) in [7, 11) is 4.02. The lowest BCUT2D eigenvalue weighted by Crippen LogP contribution is -2.34. The van der Waals surface area contributed by atoms with E-state index in [4.69, 9.17) is 4.52 Å². The van der Waals surface area contributed by atoms with Gasteiger partial charge in [0.15, 0.2) is 5.82 Å². The molecule has 2 aromatic heterocycles. The van der Waals surface area contributed by atoms with Crippen molar-refractivity contribution in [3.8, 4) is 11.5 Å². The molecule has 0 saturated carbocycles. The highest BCUT2D eigenvalue weighted by Crippen LogP contribution is 2.21. The Morgan fingerprint density at radius 2 is 2.04 bits per heavy atom. The minimum absolute atomic E-state index is 0.102. The maximum Gasteiger partial charge on any atom is 0.257 e. The Morgan fingerprint density at radius 1 is 1.28 bits per heavy atom. The highest BCUT2D eigenvalue weighted by molar-refractivity contribution is 7.07. The Hall–Kier alpha value is -2.51. The zero-order valence-electron chi connectivity index (χ0n) is 14.4. The maximum absolute atomic E-state index is 12.4. The normalized spacial score (nSPS) is 12.3. The molecule has 1 atom stereocenters. The summed E-state index contributed by atoms with van der Waals surface area (Å²) in [6, 6.07) is 9.38. The molecular weight excluding hydrogens is 336 g/mol. The third kappa shape index (κ3) is 4.12. The van der Waals surface area contributed by atoms with Gasteiger partial charge in [0.05, 0.1) is 6.04 Å². The first-order valence-electron chi connectivity index (χ1n) is 7.92. The summed E-state index contributed by atoms with van der Waals surface area (Å²) in [5.74, 6) is 0.935. The molecule has 3 aromatic rings. The second kappa shape index (κ2) is 7.58. The third-order valence-corrected chi connectivity index (χ3v) is 4.63. The van der Waals surface area contributed by atoms with Crippen LogP contribution in [0.5, 0.6) is 0 Å². The minimum Gasteiger partial charge on any atom is -0.350 e. The largest absolute Gasteiger partial charge is 0.350 e. The Balaban J connectivity index is 1.65. The highest BCUT2D eigenvalue weighted by atomic mass is 32.1. The molecule has 0 bridgehead atoms. The van der Waals surface area contributed by atoms with E-state index in [1.54, 1.807) is 30.4 Å². The molecule has 0 aliphatic carbocycles. The van der Waals surface area contributed by atoms with Gasteiger partial charge < -0.3 is 14.7 Å². The first-order valence-corrected chi connectivity index (χ1v) is 8.86. The highest BCUT2D eigenvalue weighted by Gasteiger charge is 2.16. The summed E-state index contributed by atoms with van der Waals surface area (Å²) in [6.07, 6.45) is 0. The van der Waals surface area contributed by atoms with Gasteiger partial charge in [0.2, 0.25) is 0 Å². The number of thiophene rings is 1. The van der Waals surface area contributed by atoms with E-state index >= 15 is 0 Å². The van der Waals surface area contributed by atoms with Crippen molar-refractivity contribution >= 4 is 17.2 Å². The fraction of sp³-hybridized carbons (Fsp3) is 0.278. The van der Waals surface area contributed by atoms with E-state index in [1.165, 1.54) is 5.56 Å². The Morgan fingerprint density at radius 3 is 2.60 bits per heavy atom. The van der Waals surface area contributed by atoms with Crippen molar-refractivity contribution in [2.24, 2.45) is 0 Å². The monoisotopic (exact) mass is 356 g/mol. The van der Waals surface area contributed by atoms with Gasteiger partial charge in [-0.15, -0.1) is 0 Å². The lowest BCUT2D eigenvalue weighted by molar-refractivity contribution is 0.0942. The number of benzene rings is 1. The number of hydrogen-bond donors (Lipinski definition) is 1. The van der Waals surface area contributed by atoms with Gasteiger partial charge in [-0.25, -0.2) is 0 Å². The fourth-order valence-corrected chi connectivity index (χ4v) is 3.24. The van der Waals surface area contributed by atoms with E-state index in [0.29, 0.717) is 23.8 Å². The SMILES string of the molecule is Cc1noc(-c2ccc(C(=O)NC[C@@H](c3ccsc3)N(C)C)cc2)n1. The molecule has 0 aliphatic rings. The van der Waals surface area contributed by atoms with Crippen molar-refractivity contribution in [3.05, 3.63) is 58.0 Å². The fourth-order valence-electron chi connectivity index (χ4n) is 2.53. The second-order valence-corrected chi connectivity index (χ2v) is 6.75. The van der Waals surface area contributed by atoms with Gasteiger partial charge >= 0.3 is 0 Å². The first kappa shape index (κ1) is 17.3. The van der Waals surface area contributed by atoms with Crippen LogP contribution < -0.4 is 5.32 Å². The van der Waals surface area contributed by atoms with Crippen LogP contribution in [0.3, 0.4) is 0 Å². The quantitative estimate of drug-likeness (QED) is 0.735. The van der Waals surface area contributed by atoms with Crippen molar-refractivity contribution in [2.45, 2.75) is 13.0 Å². The summed E-state index contributed by atoms with van der Waals surface area (Å²) in [6.45, 7) is 2.32. The topological polar surface area (TPSA) is 71.3 Å². The predicted molar refractivity (Wildman–Crippen MR) is 97.6 cm³/mol. The number of aryl methyl sites for hydroxylation is 1. The number of aromatic nitrogens is 2. The zero-order chi connectivity index (χ0) is 17.8. The summed E-state index contributed by atoms with van der Waals surface area (Å²) in [5, 5.41) is 10.9. The van der Waals surface area contributed by atoms with Gasteiger partial charge in [-0.3, -0.25) is 4.79 Å². The average molecular weight is 356 g/mol. The van der Waals surface area contributed by atoms with Crippen molar-refractivity contribution in [1.29, 1.82) is 0 Å². The van der Waals surface area contributed by atoms with Gasteiger partial charge in [-0.1, -0.05) is 5.16 Å². The molecule has 0 fully saturated rings. The third-order valence-electron chi connectivity index (χ3n) is 3.93. The number of nitrogens with zero attached hydrogens (tertiary/aromatic N) is 3. The van der Waals surface area contributed by atoms with E-state index in [-0.39, 0.29) is 11.9 Å². The molecule has 2 heterocycles. The number of hydrogen-bond acceptors (Lipinski definition) is 6. The molecule has 0 radical (unpaired) electrons. The van der Waals surface area contributed by atoms with Gasteiger partial charge in [0, 0.05) is 17.7 Å². The van der Waals surface area contributed by atoms with Crippen LogP contribution in [0.4, 0.5) is 0 Å². The van der Waals surface area contributed by atoms with E-state index in [9.17, 15) is 4.79 Å². The molecule has 1 amide bonds. The number of carbonyl (C=O) groups is 1. The lowest BCUT2D eigenvalue weighted by atomic mass is 10.1. The average Bonchev–Trinajstić information content (AvgIpc) is 3.27. The van der Waals surface area contributed by atoms with Crippen LogP contribution in [-0.4, -0.2) is 41.6 Å². The molecule has 0 spiro atoms. The van der Waals surface area contributed by atoms with Crippen LogP contribution in [0, 0.1) is 6.92 Å². The maximum atomic E-state index is 12.4. The van der Waals surface area contributed by atoms with E-state index in [2.05, 4.69) is 31.8 Å². The van der Waals surface area contributed by atoms with Crippen molar-refractivity contribution in [2.75, 3.05) is 20.6 Å².